The van der Waals surface area contributed by atoms with Gasteiger partial charge in [0.15, 0.2) is 6.61 Å². The van der Waals surface area contributed by atoms with Gasteiger partial charge >= 0.3 is 5.97 Å². The van der Waals surface area contributed by atoms with E-state index < -0.39 is 28.5 Å². The van der Waals surface area contributed by atoms with Gasteiger partial charge < -0.3 is 4.74 Å². The van der Waals surface area contributed by atoms with E-state index in [9.17, 15) is 18.0 Å². The van der Waals surface area contributed by atoms with Gasteiger partial charge in [0.2, 0.25) is 10.0 Å². The minimum atomic E-state index is -3.73. The first-order valence-electron chi connectivity index (χ1n) is 10.3. The van der Waals surface area contributed by atoms with Gasteiger partial charge in [-0.1, -0.05) is 49.0 Å². The fourth-order valence-corrected chi connectivity index (χ4v) is 5.63. The van der Waals surface area contributed by atoms with Crippen LogP contribution in [0.3, 0.4) is 0 Å². The van der Waals surface area contributed by atoms with Crippen molar-refractivity contribution < 1.29 is 22.7 Å². The van der Waals surface area contributed by atoms with Crippen LogP contribution in [0, 0.1) is 6.92 Å². The van der Waals surface area contributed by atoms with E-state index >= 15 is 0 Å². The van der Waals surface area contributed by atoms with Crippen molar-refractivity contribution in [2.75, 3.05) is 18.1 Å². The number of hydrogen-bond donors (Lipinski definition) is 1. The van der Waals surface area contributed by atoms with Crippen molar-refractivity contribution in [1.82, 2.24) is 4.72 Å². The number of amides is 1. The van der Waals surface area contributed by atoms with Crippen LogP contribution in [0.2, 0.25) is 0 Å². The number of para-hydroxylation sites is 2. The number of rotatable bonds is 6. The molecule has 1 N–H and O–H groups in total. The largest absolute Gasteiger partial charge is 0.452 e. The lowest BCUT2D eigenvalue weighted by molar-refractivity contribution is -0.121. The lowest BCUT2D eigenvalue weighted by Gasteiger charge is -2.30. The molecule has 1 aliphatic heterocycles. The predicted molar refractivity (Wildman–Crippen MR) is 126 cm³/mol. The van der Waals surface area contributed by atoms with E-state index in [0.29, 0.717) is 5.56 Å². The Hall–Kier alpha value is -3.14. The third kappa shape index (κ3) is 4.66. The van der Waals surface area contributed by atoms with E-state index in [1.54, 1.807) is 30.5 Å². The van der Waals surface area contributed by atoms with Crippen LogP contribution in [0.4, 0.5) is 11.4 Å². The van der Waals surface area contributed by atoms with Gasteiger partial charge in [0.05, 0.1) is 21.8 Å². The molecule has 33 heavy (non-hydrogen) atoms. The number of benzene rings is 3. The highest BCUT2D eigenvalue weighted by atomic mass is 32.2. The van der Waals surface area contributed by atoms with Gasteiger partial charge in [0.25, 0.3) is 5.91 Å². The molecule has 1 heterocycles. The number of aryl methyl sites for hydroxylation is 1. The van der Waals surface area contributed by atoms with Gasteiger partial charge in [0.1, 0.15) is 0 Å². The molecule has 0 unspecified atom stereocenters. The molecule has 0 atom stereocenters. The Kier molecular flexibility index (Phi) is 6.55. The first kappa shape index (κ1) is 23.0. The fraction of sp³-hybridized carbons (Fsp3) is 0.167. The van der Waals surface area contributed by atoms with Crippen LogP contribution < -0.4 is 9.62 Å². The van der Waals surface area contributed by atoms with Gasteiger partial charge in [-0.3, -0.25) is 9.69 Å². The molecule has 0 radical (unpaired) electrons. The standard InChI is InChI=1S/C24H22N2O5S2/c1-3-25-33(29,30)17-13-12-16(2)18(14-17)24(28)31-15-23(27)26-19-8-4-6-10-21(19)32-22-11-7-5-9-20(22)26/h4-14,25H,3,15H2,1-2H3. The molecule has 1 amide bonds. The zero-order valence-electron chi connectivity index (χ0n) is 18.1. The number of nitrogens with one attached hydrogen (secondary N) is 1. The van der Waals surface area contributed by atoms with E-state index in [4.69, 9.17) is 4.74 Å². The van der Waals surface area contributed by atoms with Crippen LogP contribution in [0.15, 0.2) is 81.4 Å². The predicted octanol–water partition coefficient (Wildman–Crippen LogP) is 4.28. The second-order valence-corrected chi connectivity index (χ2v) is 10.2. The molecular formula is C24H22N2O5S2. The average molecular weight is 483 g/mol. The van der Waals surface area contributed by atoms with E-state index in [1.807, 2.05) is 48.5 Å². The summed E-state index contributed by atoms with van der Waals surface area (Å²) in [4.78, 5) is 29.3. The van der Waals surface area contributed by atoms with Crippen molar-refractivity contribution in [3.05, 3.63) is 77.9 Å². The fourth-order valence-electron chi connectivity index (χ4n) is 3.50. The normalized spacial score (nSPS) is 12.6. The number of carbonyl (C=O) groups excluding carboxylic acids is 2. The SMILES string of the molecule is CCNS(=O)(=O)c1ccc(C)c(C(=O)OCC(=O)N2c3ccccc3Sc3ccccc32)c1. The van der Waals surface area contributed by atoms with Gasteiger partial charge in [-0.2, -0.15) is 0 Å². The average Bonchev–Trinajstić information content (AvgIpc) is 2.80. The van der Waals surface area contributed by atoms with Crippen molar-refractivity contribution in [3.63, 3.8) is 0 Å². The maximum Gasteiger partial charge on any atom is 0.338 e. The molecule has 0 spiro atoms. The summed E-state index contributed by atoms with van der Waals surface area (Å²) in [6, 6.07) is 19.3. The van der Waals surface area contributed by atoms with Crippen molar-refractivity contribution in [2.45, 2.75) is 28.5 Å². The minimum Gasteiger partial charge on any atom is -0.452 e. The highest BCUT2D eigenvalue weighted by Gasteiger charge is 2.29. The van der Waals surface area contributed by atoms with Crippen LogP contribution >= 0.6 is 11.8 Å². The highest BCUT2D eigenvalue weighted by Crippen LogP contribution is 2.47. The van der Waals surface area contributed by atoms with Gasteiger partial charge in [0, 0.05) is 16.3 Å². The molecule has 7 nitrogen and oxygen atoms in total. The van der Waals surface area contributed by atoms with E-state index in [1.165, 1.54) is 18.2 Å². The molecule has 3 aromatic carbocycles. The molecule has 0 fully saturated rings. The lowest BCUT2D eigenvalue weighted by atomic mass is 10.1. The zero-order chi connectivity index (χ0) is 23.6. The number of hydrogen-bond acceptors (Lipinski definition) is 6. The van der Waals surface area contributed by atoms with E-state index in [2.05, 4.69) is 4.72 Å². The maximum atomic E-state index is 13.2. The topological polar surface area (TPSA) is 92.8 Å². The van der Waals surface area contributed by atoms with Crippen molar-refractivity contribution in [2.24, 2.45) is 0 Å². The molecule has 0 bridgehead atoms. The summed E-state index contributed by atoms with van der Waals surface area (Å²) in [6.45, 7) is 3.08. The zero-order valence-corrected chi connectivity index (χ0v) is 19.7. The van der Waals surface area contributed by atoms with Gasteiger partial charge in [-0.05, 0) is 48.9 Å². The quantitative estimate of drug-likeness (QED) is 0.527. The summed E-state index contributed by atoms with van der Waals surface area (Å²) in [5.41, 5.74) is 2.08. The number of esters is 1. The summed E-state index contributed by atoms with van der Waals surface area (Å²) in [5, 5.41) is 0. The van der Waals surface area contributed by atoms with Crippen LogP contribution in [0.1, 0.15) is 22.8 Å². The number of anilines is 2. The molecule has 0 aromatic heterocycles. The summed E-state index contributed by atoms with van der Waals surface area (Å²) >= 11 is 1.57. The monoisotopic (exact) mass is 482 g/mol. The molecule has 1 aliphatic rings. The van der Waals surface area contributed by atoms with E-state index in [0.717, 1.165) is 21.2 Å². The first-order chi connectivity index (χ1) is 15.8. The Morgan fingerprint density at radius 1 is 0.970 bits per heavy atom. The Morgan fingerprint density at radius 3 is 2.18 bits per heavy atom. The van der Waals surface area contributed by atoms with Crippen molar-refractivity contribution in [3.8, 4) is 0 Å². The van der Waals surface area contributed by atoms with Crippen LogP contribution in [0.5, 0.6) is 0 Å². The highest BCUT2D eigenvalue weighted by molar-refractivity contribution is 7.99. The van der Waals surface area contributed by atoms with E-state index in [-0.39, 0.29) is 17.0 Å². The molecule has 9 heteroatoms. The number of nitrogens with zero attached hydrogens (tertiary/aromatic N) is 1. The Balaban J connectivity index is 1.57. The molecular weight excluding hydrogens is 460 g/mol. The van der Waals surface area contributed by atoms with Crippen LogP contribution in [-0.2, 0) is 19.6 Å². The maximum absolute atomic E-state index is 13.2. The Labute approximate surface area is 196 Å². The van der Waals surface area contributed by atoms with Crippen molar-refractivity contribution >= 4 is 45.0 Å². The summed E-state index contributed by atoms with van der Waals surface area (Å²) in [6.07, 6.45) is 0. The minimum absolute atomic E-state index is 0.0378. The molecule has 3 aromatic rings. The number of carbonyl (C=O) groups is 2. The second kappa shape index (κ2) is 9.38. The third-order valence-electron chi connectivity index (χ3n) is 5.08. The van der Waals surface area contributed by atoms with Crippen LogP contribution in [0.25, 0.3) is 0 Å². The van der Waals surface area contributed by atoms with Gasteiger partial charge in [-0.25, -0.2) is 17.9 Å². The van der Waals surface area contributed by atoms with Crippen molar-refractivity contribution in [1.29, 1.82) is 0 Å². The number of ether oxygens (including phenoxy) is 1. The number of sulfonamides is 1. The molecule has 0 saturated heterocycles. The molecule has 170 valence electrons. The Bertz CT molecular complexity index is 1290. The number of fused-ring (bicyclic) bond motifs is 2. The molecule has 0 saturated carbocycles. The summed E-state index contributed by atoms with van der Waals surface area (Å²) in [7, 11) is -3.73. The summed E-state index contributed by atoms with van der Waals surface area (Å²) < 4.78 is 32.3. The molecule has 0 aliphatic carbocycles. The summed E-state index contributed by atoms with van der Waals surface area (Å²) in [5.74, 6) is -1.17. The van der Waals surface area contributed by atoms with Crippen LogP contribution in [-0.4, -0.2) is 33.4 Å². The Morgan fingerprint density at radius 2 is 1.58 bits per heavy atom. The smallest absolute Gasteiger partial charge is 0.338 e. The lowest BCUT2D eigenvalue weighted by Crippen LogP contribution is -2.32. The second-order valence-electron chi connectivity index (χ2n) is 7.32. The first-order valence-corrected chi connectivity index (χ1v) is 12.6. The van der Waals surface area contributed by atoms with Gasteiger partial charge in [-0.15, -0.1) is 0 Å². The molecule has 4 rings (SSSR count). The third-order valence-corrected chi connectivity index (χ3v) is 7.76.